The predicted molar refractivity (Wildman–Crippen MR) is 68.5 cm³/mol. The average Bonchev–Trinajstić information content (AvgIpc) is 2.92. The van der Waals surface area contributed by atoms with Gasteiger partial charge >= 0.3 is 0 Å². The lowest BCUT2D eigenvalue weighted by atomic mass is 10.1. The summed E-state index contributed by atoms with van der Waals surface area (Å²) in [5, 5.41) is 11.0. The van der Waals surface area contributed by atoms with Gasteiger partial charge < -0.3 is 10.3 Å². The lowest BCUT2D eigenvalue weighted by Gasteiger charge is -1.96. The monoisotopic (exact) mass is 269 g/mol. The first-order chi connectivity index (χ1) is 9.83. The van der Waals surface area contributed by atoms with E-state index >= 15 is 0 Å². The number of rotatable bonds is 3. The molecule has 7 nitrogen and oxygen atoms in total. The summed E-state index contributed by atoms with van der Waals surface area (Å²) in [4.78, 5) is 4.33. The van der Waals surface area contributed by atoms with E-state index in [1.807, 2.05) is 18.2 Å². The molecule has 0 amide bonds. The second kappa shape index (κ2) is 4.16. The molecule has 1 aromatic carbocycles. The van der Waals surface area contributed by atoms with Crippen LogP contribution in [-0.2, 0) is 0 Å². The molecule has 1 saturated carbocycles. The standard InChI is InChI=1S/C13H11N5O2/c14-11-10(16-20-17-11)12-15-13(19-18-12)9-6-8(9)7-4-2-1-3-5-7/h1-5,8-9H,6H2,(H2,14,17)/t8-,9+/m1/s1. The van der Waals surface area contributed by atoms with Gasteiger partial charge in [0, 0.05) is 5.92 Å². The summed E-state index contributed by atoms with van der Waals surface area (Å²) in [5.74, 6) is 1.79. The zero-order valence-corrected chi connectivity index (χ0v) is 10.4. The first-order valence-electron chi connectivity index (χ1n) is 6.30. The summed E-state index contributed by atoms with van der Waals surface area (Å²) >= 11 is 0. The Bertz CT molecular complexity index is 736. The maximum atomic E-state index is 5.60. The van der Waals surface area contributed by atoms with Crippen LogP contribution in [-0.4, -0.2) is 20.5 Å². The molecule has 4 rings (SSSR count). The second-order valence-electron chi connectivity index (χ2n) is 4.81. The molecular formula is C13H11N5O2. The van der Waals surface area contributed by atoms with Crippen LogP contribution in [0.1, 0.15) is 29.7 Å². The number of benzene rings is 1. The van der Waals surface area contributed by atoms with E-state index in [0.717, 1.165) is 6.42 Å². The summed E-state index contributed by atoms with van der Waals surface area (Å²) in [6.45, 7) is 0. The number of hydrogen-bond donors (Lipinski definition) is 1. The Morgan fingerprint density at radius 3 is 2.65 bits per heavy atom. The Morgan fingerprint density at radius 2 is 1.90 bits per heavy atom. The number of aromatic nitrogens is 4. The van der Waals surface area contributed by atoms with Gasteiger partial charge in [-0.15, -0.1) is 0 Å². The third-order valence-electron chi connectivity index (χ3n) is 3.50. The second-order valence-corrected chi connectivity index (χ2v) is 4.81. The van der Waals surface area contributed by atoms with E-state index in [1.165, 1.54) is 5.56 Å². The molecule has 1 aliphatic carbocycles. The van der Waals surface area contributed by atoms with Gasteiger partial charge in [-0.25, -0.2) is 4.63 Å². The zero-order valence-electron chi connectivity index (χ0n) is 10.4. The summed E-state index contributed by atoms with van der Waals surface area (Å²) in [6.07, 6.45) is 1.01. The van der Waals surface area contributed by atoms with Crippen molar-refractivity contribution in [3.63, 3.8) is 0 Å². The Hall–Kier alpha value is -2.70. The third-order valence-corrected chi connectivity index (χ3v) is 3.50. The van der Waals surface area contributed by atoms with Gasteiger partial charge in [0.25, 0.3) is 0 Å². The lowest BCUT2D eigenvalue weighted by molar-refractivity contribution is 0.310. The average molecular weight is 269 g/mol. The van der Waals surface area contributed by atoms with Gasteiger partial charge in [-0.3, -0.25) is 0 Å². The molecule has 0 radical (unpaired) electrons. The highest BCUT2D eigenvalue weighted by atomic mass is 16.6. The summed E-state index contributed by atoms with van der Waals surface area (Å²) < 4.78 is 9.82. The fourth-order valence-corrected chi connectivity index (χ4v) is 2.37. The molecule has 0 unspecified atom stereocenters. The molecule has 7 heteroatoms. The Balaban J connectivity index is 1.57. The van der Waals surface area contributed by atoms with Crippen LogP contribution in [0.4, 0.5) is 5.82 Å². The van der Waals surface area contributed by atoms with E-state index in [-0.39, 0.29) is 11.7 Å². The van der Waals surface area contributed by atoms with E-state index in [1.54, 1.807) is 0 Å². The summed E-state index contributed by atoms with van der Waals surface area (Å²) in [5.41, 5.74) is 7.21. The van der Waals surface area contributed by atoms with Gasteiger partial charge in [0.1, 0.15) is 0 Å². The number of hydrogen-bond acceptors (Lipinski definition) is 7. The molecule has 2 heterocycles. The summed E-state index contributed by atoms with van der Waals surface area (Å²) in [7, 11) is 0. The fourth-order valence-electron chi connectivity index (χ4n) is 2.37. The number of nitrogens with zero attached hydrogens (tertiary/aromatic N) is 4. The van der Waals surface area contributed by atoms with Gasteiger partial charge in [-0.2, -0.15) is 4.98 Å². The predicted octanol–water partition coefficient (Wildman–Crippen LogP) is 1.97. The molecular weight excluding hydrogens is 258 g/mol. The van der Waals surface area contributed by atoms with Gasteiger partial charge in [0.05, 0.1) is 0 Å². The number of nitrogens with two attached hydrogens (primary N) is 1. The smallest absolute Gasteiger partial charge is 0.230 e. The largest absolute Gasteiger partial charge is 0.379 e. The maximum absolute atomic E-state index is 5.60. The normalized spacial score (nSPS) is 21.0. The first kappa shape index (κ1) is 11.2. The highest BCUT2D eigenvalue weighted by Crippen LogP contribution is 2.54. The fraction of sp³-hybridized carbons (Fsp3) is 0.231. The molecule has 20 heavy (non-hydrogen) atoms. The van der Waals surface area contributed by atoms with E-state index in [0.29, 0.717) is 23.3 Å². The van der Waals surface area contributed by atoms with Crippen molar-refractivity contribution in [2.75, 3.05) is 5.73 Å². The Labute approximate surface area is 113 Å². The minimum absolute atomic E-state index is 0.160. The van der Waals surface area contributed by atoms with Crippen molar-refractivity contribution in [2.24, 2.45) is 0 Å². The minimum atomic E-state index is 0.160. The third kappa shape index (κ3) is 1.75. The molecule has 2 atom stereocenters. The molecule has 1 fully saturated rings. The molecule has 100 valence electrons. The van der Waals surface area contributed by atoms with Gasteiger partial charge in [0.2, 0.25) is 11.7 Å². The topological polar surface area (TPSA) is 104 Å². The van der Waals surface area contributed by atoms with Crippen molar-refractivity contribution >= 4 is 5.82 Å². The Kier molecular flexibility index (Phi) is 2.32. The van der Waals surface area contributed by atoms with Crippen LogP contribution in [0.25, 0.3) is 11.5 Å². The van der Waals surface area contributed by atoms with Crippen molar-refractivity contribution in [1.29, 1.82) is 0 Å². The molecule has 1 aliphatic rings. The van der Waals surface area contributed by atoms with Gasteiger partial charge in [-0.05, 0) is 28.2 Å². The van der Waals surface area contributed by atoms with Crippen molar-refractivity contribution in [1.82, 2.24) is 20.5 Å². The van der Waals surface area contributed by atoms with Gasteiger partial charge in [0.15, 0.2) is 11.5 Å². The van der Waals surface area contributed by atoms with Crippen LogP contribution < -0.4 is 5.73 Å². The van der Waals surface area contributed by atoms with E-state index in [9.17, 15) is 0 Å². The van der Waals surface area contributed by atoms with Crippen LogP contribution in [0, 0.1) is 0 Å². The van der Waals surface area contributed by atoms with Crippen LogP contribution in [0.15, 0.2) is 39.5 Å². The van der Waals surface area contributed by atoms with E-state index < -0.39 is 0 Å². The Morgan fingerprint density at radius 1 is 1.05 bits per heavy atom. The summed E-state index contributed by atoms with van der Waals surface area (Å²) in [6, 6.07) is 10.3. The van der Waals surface area contributed by atoms with Gasteiger partial charge in [-0.1, -0.05) is 35.5 Å². The van der Waals surface area contributed by atoms with Crippen LogP contribution in [0.3, 0.4) is 0 Å². The highest BCUT2D eigenvalue weighted by Gasteiger charge is 2.43. The van der Waals surface area contributed by atoms with Crippen LogP contribution in [0.5, 0.6) is 0 Å². The molecule has 0 aliphatic heterocycles. The first-order valence-corrected chi connectivity index (χ1v) is 6.30. The van der Waals surface area contributed by atoms with Crippen LogP contribution >= 0.6 is 0 Å². The maximum Gasteiger partial charge on any atom is 0.230 e. The van der Waals surface area contributed by atoms with Crippen molar-refractivity contribution < 1.29 is 9.15 Å². The van der Waals surface area contributed by atoms with Crippen molar-refractivity contribution in [3.05, 3.63) is 41.8 Å². The van der Waals surface area contributed by atoms with Crippen molar-refractivity contribution in [3.8, 4) is 11.5 Å². The molecule has 0 spiro atoms. The SMILES string of the molecule is Nc1nonc1-c1noc([C@H]2C[C@@H]2c2ccccc2)n1. The number of anilines is 1. The van der Waals surface area contributed by atoms with Crippen LogP contribution in [0.2, 0.25) is 0 Å². The van der Waals surface area contributed by atoms with E-state index in [4.69, 9.17) is 10.3 Å². The molecule has 2 N–H and O–H groups in total. The molecule has 0 saturated heterocycles. The molecule has 3 aromatic rings. The zero-order chi connectivity index (χ0) is 13.5. The molecule has 0 bridgehead atoms. The lowest BCUT2D eigenvalue weighted by Crippen LogP contribution is -1.90. The highest BCUT2D eigenvalue weighted by molar-refractivity contribution is 5.61. The van der Waals surface area contributed by atoms with E-state index in [2.05, 4.69) is 37.2 Å². The van der Waals surface area contributed by atoms with Crippen molar-refractivity contribution in [2.45, 2.75) is 18.3 Å². The molecule has 2 aromatic heterocycles. The number of nitrogen functional groups attached to an aromatic ring is 1. The minimum Gasteiger partial charge on any atom is -0.379 e. The quantitative estimate of drug-likeness (QED) is 0.775.